The molecule has 1 aliphatic heterocycles. The van der Waals surface area contributed by atoms with Gasteiger partial charge in [-0.25, -0.2) is 0 Å². The number of rotatable bonds is 7. The summed E-state index contributed by atoms with van der Waals surface area (Å²) in [5.41, 5.74) is 1.14. The van der Waals surface area contributed by atoms with Gasteiger partial charge in [0, 0.05) is 25.2 Å². The lowest BCUT2D eigenvalue weighted by atomic mass is 10.1. The number of nitrogens with one attached hydrogen (secondary N) is 1. The Morgan fingerprint density at radius 2 is 1.90 bits per heavy atom. The Hall–Kier alpha value is -1.26. The predicted octanol–water partition coefficient (Wildman–Crippen LogP) is 2.28. The van der Waals surface area contributed by atoms with Gasteiger partial charge in [-0.05, 0) is 32.0 Å². The SMILES string of the molecule is COc1cccc(CNCCN2CCCCC2)c1OC. The van der Waals surface area contributed by atoms with Gasteiger partial charge in [-0.3, -0.25) is 0 Å². The molecule has 0 amide bonds. The van der Waals surface area contributed by atoms with Crippen molar-refractivity contribution in [1.82, 2.24) is 10.2 Å². The summed E-state index contributed by atoms with van der Waals surface area (Å²) >= 11 is 0. The van der Waals surface area contributed by atoms with Gasteiger partial charge in [-0.1, -0.05) is 18.6 Å². The number of benzene rings is 1. The number of nitrogens with zero attached hydrogens (tertiary/aromatic N) is 1. The standard InChI is InChI=1S/C16H26N2O2/c1-19-15-8-6-7-14(16(15)20-2)13-17-9-12-18-10-4-3-5-11-18/h6-8,17H,3-5,9-13H2,1-2H3. The van der Waals surface area contributed by atoms with E-state index in [1.54, 1.807) is 14.2 Å². The zero-order valence-corrected chi connectivity index (χ0v) is 12.7. The van der Waals surface area contributed by atoms with E-state index in [-0.39, 0.29) is 0 Å². The van der Waals surface area contributed by atoms with Crippen molar-refractivity contribution in [3.63, 3.8) is 0 Å². The number of piperidine rings is 1. The first-order valence-corrected chi connectivity index (χ1v) is 7.48. The summed E-state index contributed by atoms with van der Waals surface area (Å²) in [6.07, 6.45) is 4.10. The molecular weight excluding hydrogens is 252 g/mol. The fraction of sp³-hybridized carbons (Fsp3) is 0.625. The molecule has 1 saturated heterocycles. The lowest BCUT2D eigenvalue weighted by Crippen LogP contribution is -2.35. The third kappa shape index (κ3) is 4.12. The first-order valence-electron chi connectivity index (χ1n) is 7.48. The molecular formula is C16H26N2O2. The smallest absolute Gasteiger partial charge is 0.165 e. The van der Waals surface area contributed by atoms with E-state index in [0.717, 1.165) is 36.7 Å². The van der Waals surface area contributed by atoms with Crippen LogP contribution in [-0.4, -0.2) is 45.3 Å². The van der Waals surface area contributed by atoms with E-state index in [4.69, 9.17) is 9.47 Å². The Bertz CT molecular complexity index is 403. The summed E-state index contributed by atoms with van der Waals surface area (Å²) in [4.78, 5) is 2.54. The van der Waals surface area contributed by atoms with Crippen LogP contribution in [0.1, 0.15) is 24.8 Å². The highest BCUT2D eigenvalue weighted by atomic mass is 16.5. The lowest BCUT2D eigenvalue weighted by Gasteiger charge is -2.26. The van der Waals surface area contributed by atoms with Gasteiger partial charge in [0.25, 0.3) is 0 Å². The highest BCUT2D eigenvalue weighted by molar-refractivity contribution is 5.46. The van der Waals surface area contributed by atoms with Gasteiger partial charge in [-0.15, -0.1) is 0 Å². The maximum Gasteiger partial charge on any atom is 0.165 e. The molecule has 1 heterocycles. The molecule has 0 aromatic heterocycles. The van der Waals surface area contributed by atoms with Crippen molar-refractivity contribution in [2.75, 3.05) is 40.4 Å². The van der Waals surface area contributed by atoms with Crippen LogP contribution in [0, 0.1) is 0 Å². The Labute approximate surface area is 122 Å². The van der Waals surface area contributed by atoms with Gasteiger partial charge in [0.1, 0.15) is 0 Å². The van der Waals surface area contributed by atoms with Crippen molar-refractivity contribution in [2.45, 2.75) is 25.8 Å². The second kappa shape index (κ2) is 8.12. The monoisotopic (exact) mass is 278 g/mol. The molecule has 0 saturated carbocycles. The number of hydrogen-bond acceptors (Lipinski definition) is 4. The molecule has 0 bridgehead atoms. The van der Waals surface area contributed by atoms with E-state index in [1.165, 1.54) is 32.4 Å². The second-order valence-corrected chi connectivity index (χ2v) is 5.23. The lowest BCUT2D eigenvalue weighted by molar-refractivity contribution is 0.229. The van der Waals surface area contributed by atoms with Crippen molar-refractivity contribution >= 4 is 0 Å². The maximum atomic E-state index is 5.44. The summed E-state index contributed by atoms with van der Waals surface area (Å²) in [6, 6.07) is 6.01. The first-order chi connectivity index (χ1) is 9.85. The highest BCUT2D eigenvalue weighted by Crippen LogP contribution is 2.30. The Morgan fingerprint density at radius 1 is 1.10 bits per heavy atom. The Balaban J connectivity index is 1.78. The first kappa shape index (κ1) is 15.1. The zero-order valence-electron chi connectivity index (χ0n) is 12.7. The van der Waals surface area contributed by atoms with Crippen molar-refractivity contribution in [2.24, 2.45) is 0 Å². The molecule has 1 aromatic carbocycles. The van der Waals surface area contributed by atoms with Crippen molar-refractivity contribution < 1.29 is 9.47 Å². The van der Waals surface area contributed by atoms with E-state index in [0.29, 0.717) is 0 Å². The summed E-state index contributed by atoms with van der Waals surface area (Å²) in [6.45, 7) is 5.47. The summed E-state index contributed by atoms with van der Waals surface area (Å²) in [5, 5.41) is 3.50. The number of methoxy groups -OCH3 is 2. The third-order valence-corrected chi connectivity index (χ3v) is 3.85. The van der Waals surface area contributed by atoms with Gasteiger partial charge in [0.05, 0.1) is 14.2 Å². The van der Waals surface area contributed by atoms with Crippen LogP contribution in [0.25, 0.3) is 0 Å². The molecule has 0 unspecified atom stereocenters. The topological polar surface area (TPSA) is 33.7 Å². The predicted molar refractivity (Wildman–Crippen MR) is 81.5 cm³/mol. The van der Waals surface area contributed by atoms with Gasteiger partial charge in [-0.2, -0.15) is 0 Å². The third-order valence-electron chi connectivity index (χ3n) is 3.85. The molecule has 1 aliphatic rings. The van der Waals surface area contributed by atoms with E-state index in [9.17, 15) is 0 Å². The molecule has 0 aliphatic carbocycles. The quantitative estimate of drug-likeness (QED) is 0.776. The molecule has 20 heavy (non-hydrogen) atoms. The van der Waals surface area contributed by atoms with Gasteiger partial charge in [0.15, 0.2) is 11.5 Å². The van der Waals surface area contributed by atoms with Crippen LogP contribution < -0.4 is 14.8 Å². The fourth-order valence-electron chi connectivity index (χ4n) is 2.74. The van der Waals surface area contributed by atoms with Crippen LogP contribution in [0.4, 0.5) is 0 Å². The molecule has 1 aromatic rings. The molecule has 0 radical (unpaired) electrons. The molecule has 1 N–H and O–H groups in total. The van der Waals surface area contributed by atoms with Crippen molar-refractivity contribution in [3.8, 4) is 11.5 Å². The van der Waals surface area contributed by atoms with Gasteiger partial charge in [0.2, 0.25) is 0 Å². The number of hydrogen-bond donors (Lipinski definition) is 1. The molecule has 1 fully saturated rings. The summed E-state index contributed by atoms with van der Waals surface area (Å²) in [5.74, 6) is 1.63. The maximum absolute atomic E-state index is 5.44. The molecule has 4 nitrogen and oxygen atoms in total. The normalized spacial score (nSPS) is 16.1. The number of likely N-dealkylation sites (tertiary alicyclic amines) is 1. The van der Waals surface area contributed by atoms with Crippen LogP contribution in [0.15, 0.2) is 18.2 Å². The largest absolute Gasteiger partial charge is 0.493 e. The number of ether oxygens (including phenoxy) is 2. The second-order valence-electron chi connectivity index (χ2n) is 5.23. The zero-order chi connectivity index (χ0) is 14.2. The molecule has 0 atom stereocenters. The molecule has 112 valence electrons. The molecule has 0 spiro atoms. The molecule has 2 rings (SSSR count). The van der Waals surface area contributed by atoms with E-state index < -0.39 is 0 Å². The van der Waals surface area contributed by atoms with Crippen LogP contribution >= 0.6 is 0 Å². The van der Waals surface area contributed by atoms with Crippen molar-refractivity contribution in [1.29, 1.82) is 0 Å². The van der Waals surface area contributed by atoms with Crippen LogP contribution in [0.2, 0.25) is 0 Å². The fourth-order valence-corrected chi connectivity index (χ4v) is 2.74. The number of para-hydroxylation sites is 1. The Kier molecular flexibility index (Phi) is 6.15. The van der Waals surface area contributed by atoms with Gasteiger partial charge < -0.3 is 19.7 Å². The summed E-state index contributed by atoms with van der Waals surface area (Å²) < 4.78 is 10.8. The Morgan fingerprint density at radius 3 is 2.60 bits per heavy atom. The summed E-state index contributed by atoms with van der Waals surface area (Å²) in [7, 11) is 3.36. The van der Waals surface area contributed by atoms with E-state index in [2.05, 4.69) is 16.3 Å². The minimum atomic E-state index is 0.794. The average Bonchev–Trinajstić information content (AvgIpc) is 2.52. The van der Waals surface area contributed by atoms with Gasteiger partial charge >= 0.3 is 0 Å². The minimum Gasteiger partial charge on any atom is -0.493 e. The molecule has 4 heteroatoms. The highest BCUT2D eigenvalue weighted by Gasteiger charge is 2.10. The van der Waals surface area contributed by atoms with E-state index in [1.807, 2.05) is 12.1 Å². The van der Waals surface area contributed by atoms with Crippen LogP contribution in [0.5, 0.6) is 11.5 Å². The van der Waals surface area contributed by atoms with E-state index >= 15 is 0 Å². The van der Waals surface area contributed by atoms with Crippen LogP contribution in [-0.2, 0) is 6.54 Å². The minimum absolute atomic E-state index is 0.794. The average molecular weight is 278 g/mol. The van der Waals surface area contributed by atoms with Crippen LogP contribution in [0.3, 0.4) is 0 Å². The van der Waals surface area contributed by atoms with Crippen molar-refractivity contribution in [3.05, 3.63) is 23.8 Å².